The first kappa shape index (κ1) is 18.8. The molecule has 25 heavy (non-hydrogen) atoms. The van der Waals surface area contributed by atoms with Gasteiger partial charge in [-0.2, -0.15) is 5.10 Å². The van der Waals surface area contributed by atoms with E-state index in [-0.39, 0.29) is 12.0 Å². The zero-order valence-corrected chi connectivity index (χ0v) is 15.8. The average Bonchev–Trinajstić information content (AvgIpc) is 2.79. The molecule has 0 saturated heterocycles. The van der Waals surface area contributed by atoms with Gasteiger partial charge in [0, 0.05) is 25.2 Å². The van der Waals surface area contributed by atoms with Gasteiger partial charge < -0.3 is 14.8 Å². The van der Waals surface area contributed by atoms with Crippen molar-refractivity contribution >= 4 is 11.6 Å². The van der Waals surface area contributed by atoms with Crippen molar-refractivity contribution in [1.29, 1.82) is 0 Å². The van der Waals surface area contributed by atoms with Crippen LogP contribution >= 0.6 is 0 Å². The third kappa shape index (κ3) is 4.75. The molecule has 0 aliphatic carbocycles. The Kier molecular flexibility index (Phi) is 6.07. The SMILES string of the molecule is COc1ccc(OC(C)C)c(NC(=O)CCc2c(C)nn(C)c2C)c1. The van der Waals surface area contributed by atoms with Crippen molar-refractivity contribution in [2.24, 2.45) is 7.05 Å². The number of nitrogens with one attached hydrogen (secondary N) is 1. The Balaban J connectivity index is 2.08. The molecule has 0 saturated carbocycles. The summed E-state index contributed by atoms with van der Waals surface area (Å²) in [5.74, 6) is 1.24. The smallest absolute Gasteiger partial charge is 0.224 e. The number of ether oxygens (including phenoxy) is 2. The monoisotopic (exact) mass is 345 g/mol. The summed E-state index contributed by atoms with van der Waals surface area (Å²) >= 11 is 0. The molecule has 1 aromatic heterocycles. The summed E-state index contributed by atoms with van der Waals surface area (Å²) in [6.45, 7) is 7.88. The van der Waals surface area contributed by atoms with Crippen molar-refractivity contribution in [1.82, 2.24) is 9.78 Å². The molecule has 1 heterocycles. The topological polar surface area (TPSA) is 65.4 Å². The maximum Gasteiger partial charge on any atom is 0.224 e. The summed E-state index contributed by atoms with van der Waals surface area (Å²) in [5.41, 5.74) is 3.81. The van der Waals surface area contributed by atoms with Crippen LogP contribution in [0.1, 0.15) is 37.2 Å². The highest BCUT2D eigenvalue weighted by atomic mass is 16.5. The molecule has 0 aliphatic rings. The zero-order valence-electron chi connectivity index (χ0n) is 15.8. The molecule has 0 spiro atoms. The van der Waals surface area contributed by atoms with Crippen LogP contribution in [0.25, 0.3) is 0 Å². The van der Waals surface area contributed by atoms with E-state index in [0.717, 1.165) is 17.0 Å². The van der Waals surface area contributed by atoms with E-state index in [1.165, 1.54) is 0 Å². The Morgan fingerprint density at radius 1 is 1.32 bits per heavy atom. The summed E-state index contributed by atoms with van der Waals surface area (Å²) in [4.78, 5) is 12.4. The second-order valence-corrected chi connectivity index (χ2v) is 6.35. The van der Waals surface area contributed by atoms with Gasteiger partial charge in [-0.25, -0.2) is 0 Å². The lowest BCUT2D eigenvalue weighted by Crippen LogP contribution is -2.15. The van der Waals surface area contributed by atoms with E-state index in [4.69, 9.17) is 9.47 Å². The maximum atomic E-state index is 12.4. The number of hydrogen-bond acceptors (Lipinski definition) is 4. The van der Waals surface area contributed by atoms with Crippen LogP contribution in [0.5, 0.6) is 11.5 Å². The van der Waals surface area contributed by atoms with E-state index in [1.54, 1.807) is 13.2 Å². The molecule has 6 heteroatoms. The minimum absolute atomic E-state index is 0.0183. The molecule has 136 valence electrons. The van der Waals surface area contributed by atoms with Gasteiger partial charge in [0.2, 0.25) is 5.91 Å². The molecule has 0 aliphatic heterocycles. The van der Waals surface area contributed by atoms with Crippen molar-refractivity contribution in [3.63, 3.8) is 0 Å². The number of hydrogen-bond donors (Lipinski definition) is 1. The van der Waals surface area contributed by atoms with Crippen LogP contribution in [-0.4, -0.2) is 28.9 Å². The standard InChI is InChI=1S/C19H27N3O3/c1-12(2)25-18-9-7-15(24-6)11-17(18)20-19(23)10-8-16-13(3)21-22(5)14(16)4/h7,9,11-12H,8,10H2,1-6H3,(H,20,23). The summed E-state index contributed by atoms with van der Waals surface area (Å²) in [6.07, 6.45) is 1.05. The molecule has 0 unspecified atom stereocenters. The number of carbonyl (C=O) groups is 1. The fraction of sp³-hybridized carbons (Fsp3) is 0.474. The normalized spacial score (nSPS) is 10.8. The molecule has 2 aromatic rings. The number of methoxy groups -OCH3 is 1. The predicted octanol–water partition coefficient (Wildman–Crippen LogP) is 3.40. The largest absolute Gasteiger partial charge is 0.497 e. The van der Waals surface area contributed by atoms with Crippen LogP contribution in [-0.2, 0) is 18.3 Å². The van der Waals surface area contributed by atoms with Gasteiger partial charge in [-0.15, -0.1) is 0 Å². The van der Waals surface area contributed by atoms with Crippen molar-refractivity contribution in [2.45, 2.75) is 46.6 Å². The lowest BCUT2D eigenvalue weighted by atomic mass is 10.1. The average molecular weight is 345 g/mol. The molecule has 0 radical (unpaired) electrons. The van der Waals surface area contributed by atoms with E-state index in [1.807, 2.05) is 51.6 Å². The van der Waals surface area contributed by atoms with E-state index in [9.17, 15) is 4.79 Å². The fourth-order valence-electron chi connectivity index (χ4n) is 2.72. The number of amides is 1. The number of carbonyl (C=O) groups excluding carboxylic acids is 1. The van der Waals surface area contributed by atoms with Crippen LogP contribution in [0, 0.1) is 13.8 Å². The van der Waals surface area contributed by atoms with Gasteiger partial charge in [0.15, 0.2) is 0 Å². The van der Waals surface area contributed by atoms with E-state index >= 15 is 0 Å². The molecule has 1 N–H and O–H groups in total. The van der Waals surface area contributed by atoms with E-state index in [2.05, 4.69) is 10.4 Å². The predicted molar refractivity (Wildman–Crippen MR) is 98.4 cm³/mol. The van der Waals surface area contributed by atoms with Gasteiger partial charge >= 0.3 is 0 Å². The Morgan fingerprint density at radius 2 is 2.04 bits per heavy atom. The number of rotatable bonds is 7. The fourth-order valence-corrected chi connectivity index (χ4v) is 2.72. The Hall–Kier alpha value is -2.50. The molecule has 6 nitrogen and oxygen atoms in total. The number of anilines is 1. The van der Waals surface area contributed by atoms with Gasteiger partial charge in [-0.1, -0.05) is 0 Å². The summed E-state index contributed by atoms with van der Waals surface area (Å²) in [7, 11) is 3.51. The van der Waals surface area contributed by atoms with Crippen molar-refractivity contribution in [3.05, 3.63) is 35.2 Å². The Bertz CT molecular complexity index is 751. The number of aromatic nitrogens is 2. The first-order chi connectivity index (χ1) is 11.8. The molecular formula is C19H27N3O3. The van der Waals surface area contributed by atoms with Crippen molar-refractivity contribution in [3.8, 4) is 11.5 Å². The van der Waals surface area contributed by atoms with Crippen molar-refractivity contribution < 1.29 is 14.3 Å². The molecule has 0 fully saturated rings. The highest BCUT2D eigenvalue weighted by Gasteiger charge is 2.14. The van der Waals surface area contributed by atoms with E-state index in [0.29, 0.717) is 30.0 Å². The summed E-state index contributed by atoms with van der Waals surface area (Å²) in [5, 5.41) is 7.33. The maximum absolute atomic E-state index is 12.4. The number of nitrogens with zero attached hydrogens (tertiary/aromatic N) is 2. The van der Waals surface area contributed by atoms with Crippen LogP contribution < -0.4 is 14.8 Å². The molecule has 0 bridgehead atoms. The lowest BCUT2D eigenvalue weighted by molar-refractivity contribution is -0.116. The van der Waals surface area contributed by atoms with Gasteiger partial charge in [-0.3, -0.25) is 9.48 Å². The van der Waals surface area contributed by atoms with Gasteiger partial charge in [0.1, 0.15) is 11.5 Å². The first-order valence-corrected chi connectivity index (χ1v) is 8.45. The molecular weight excluding hydrogens is 318 g/mol. The number of aryl methyl sites for hydroxylation is 2. The minimum atomic E-state index is -0.0653. The summed E-state index contributed by atoms with van der Waals surface area (Å²) < 4.78 is 12.9. The molecule has 2 rings (SSSR count). The van der Waals surface area contributed by atoms with Crippen LogP contribution in [0.4, 0.5) is 5.69 Å². The van der Waals surface area contributed by atoms with Gasteiger partial charge in [-0.05, 0) is 51.8 Å². The van der Waals surface area contributed by atoms with Gasteiger partial charge in [0.05, 0.1) is 24.6 Å². The van der Waals surface area contributed by atoms with E-state index < -0.39 is 0 Å². The molecule has 1 aromatic carbocycles. The quantitative estimate of drug-likeness (QED) is 0.835. The molecule has 0 atom stereocenters. The summed E-state index contributed by atoms with van der Waals surface area (Å²) in [6, 6.07) is 5.40. The van der Waals surface area contributed by atoms with Crippen molar-refractivity contribution in [2.75, 3.05) is 12.4 Å². The Labute approximate surface area is 149 Å². The minimum Gasteiger partial charge on any atom is -0.497 e. The first-order valence-electron chi connectivity index (χ1n) is 8.45. The third-order valence-corrected chi connectivity index (χ3v) is 4.08. The third-order valence-electron chi connectivity index (χ3n) is 4.08. The second kappa shape index (κ2) is 8.05. The highest BCUT2D eigenvalue weighted by molar-refractivity contribution is 5.92. The lowest BCUT2D eigenvalue weighted by Gasteiger charge is -2.16. The highest BCUT2D eigenvalue weighted by Crippen LogP contribution is 2.30. The van der Waals surface area contributed by atoms with Crippen LogP contribution in [0.3, 0.4) is 0 Å². The zero-order chi connectivity index (χ0) is 18.6. The van der Waals surface area contributed by atoms with Gasteiger partial charge in [0.25, 0.3) is 0 Å². The number of benzene rings is 1. The van der Waals surface area contributed by atoms with Crippen LogP contribution in [0.15, 0.2) is 18.2 Å². The van der Waals surface area contributed by atoms with Crippen LogP contribution in [0.2, 0.25) is 0 Å². The second-order valence-electron chi connectivity index (χ2n) is 6.35. The Morgan fingerprint density at radius 3 is 2.60 bits per heavy atom. The molecule has 1 amide bonds.